The number of alkyl halides is 1. The minimum Gasteiger partial charge on any atom is -0.315 e. The number of nitrogens with one attached hydrogen (secondary N) is 1. The van der Waals surface area contributed by atoms with Crippen LogP contribution in [0.4, 0.5) is 0 Å². The van der Waals surface area contributed by atoms with Gasteiger partial charge in [-0.05, 0) is 31.2 Å². The van der Waals surface area contributed by atoms with Gasteiger partial charge in [-0.25, -0.2) is 12.7 Å². The zero-order valence-corrected chi connectivity index (χ0v) is 13.1. The quantitative estimate of drug-likeness (QED) is 0.756. The molecule has 1 aliphatic rings. The van der Waals surface area contributed by atoms with Crippen LogP contribution in [0.3, 0.4) is 0 Å². The molecule has 0 bridgehead atoms. The molecular formula is C12H25ClN2O2S. The maximum atomic E-state index is 11.5. The van der Waals surface area contributed by atoms with E-state index in [0.29, 0.717) is 24.9 Å². The van der Waals surface area contributed by atoms with E-state index in [9.17, 15) is 8.42 Å². The van der Waals surface area contributed by atoms with Crippen LogP contribution in [0.5, 0.6) is 0 Å². The summed E-state index contributed by atoms with van der Waals surface area (Å²) in [4.78, 5) is 0. The number of nitrogens with zero attached hydrogens (tertiary/aromatic N) is 1. The molecule has 1 N–H and O–H groups in total. The van der Waals surface area contributed by atoms with Gasteiger partial charge >= 0.3 is 0 Å². The van der Waals surface area contributed by atoms with Crippen LogP contribution in [-0.2, 0) is 10.0 Å². The molecule has 2 unspecified atom stereocenters. The Balaban J connectivity index is 2.31. The van der Waals surface area contributed by atoms with E-state index in [2.05, 4.69) is 19.2 Å². The van der Waals surface area contributed by atoms with E-state index in [4.69, 9.17) is 11.6 Å². The van der Waals surface area contributed by atoms with Crippen LogP contribution in [-0.4, -0.2) is 50.5 Å². The Bertz CT molecular complexity index is 346. The Labute approximate surface area is 116 Å². The third-order valence-corrected chi connectivity index (χ3v) is 5.37. The summed E-state index contributed by atoms with van der Waals surface area (Å²) in [5.74, 6) is 0.863. The van der Waals surface area contributed by atoms with Crippen molar-refractivity contribution in [1.82, 2.24) is 9.62 Å². The Kier molecular flexibility index (Phi) is 6.38. The minimum atomic E-state index is -3.03. The van der Waals surface area contributed by atoms with Gasteiger partial charge in [-0.1, -0.05) is 13.8 Å². The Morgan fingerprint density at radius 1 is 1.44 bits per heavy atom. The number of rotatable bonds is 6. The molecule has 0 spiro atoms. The summed E-state index contributed by atoms with van der Waals surface area (Å²) >= 11 is 6.17. The van der Waals surface area contributed by atoms with Crippen LogP contribution in [0.15, 0.2) is 0 Å². The van der Waals surface area contributed by atoms with Gasteiger partial charge in [0.1, 0.15) is 0 Å². The molecule has 1 rings (SSSR count). The van der Waals surface area contributed by atoms with Crippen LogP contribution < -0.4 is 5.32 Å². The Morgan fingerprint density at radius 2 is 2.11 bits per heavy atom. The summed E-state index contributed by atoms with van der Waals surface area (Å²) in [6.45, 7) is 7.15. The number of sulfonamides is 1. The fourth-order valence-electron chi connectivity index (χ4n) is 2.16. The second-order valence-corrected chi connectivity index (χ2v) is 8.09. The molecule has 4 nitrogen and oxygen atoms in total. The van der Waals surface area contributed by atoms with Gasteiger partial charge < -0.3 is 5.32 Å². The molecule has 1 heterocycles. The van der Waals surface area contributed by atoms with Crippen molar-refractivity contribution in [1.29, 1.82) is 0 Å². The standard InChI is InChI=1S/C12H25ClN2O2S/c1-10(2)12(13)8-14-7-11-5-4-6-15(9-11)18(3,16)17/h10-12,14H,4-9H2,1-3H3. The highest BCUT2D eigenvalue weighted by atomic mass is 35.5. The van der Waals surface area contributed by atoms with Crippen LogP contribution in [0.1, 0.15) is 26.7 Å². The van der Waals surface area contributed by atoms with E-state index in [1.807, 2.05) is 0 Å². The molecule has 0 aromatic heterocycles. The number of hydrogen-bond acceptors (Lipinski definition) is 3. The highest BCUT2D eigenvalue weighted by Gasteiger charge is 2.25. The van der Waals surface area contributed by atoms with Gasteiger partial charge in [-0.2, -0.15) is 0 Å². The summed E-state index contributed by atoms with van der Waals surface area (Å²) in [6.07, 6.45) is 3.33. The first kappa shape index (κ1) is 16.2. The van der Waals surface area contributed by atoms with Crippen molar-refractivity contribution in [2.75, 3.05) is 32.4 Å². The van der Waals surface area contributed by atoms with Crippen molar-refractivity contribution in [2.24, 2.45) is 11.8 Å². The molecule has 0 radical (unpaired) electrons. The van der Waals surface area contributed by atoms with E-state index < -0.39 is 10.0 Å². The molecule has 1 saturated heterocycles. The molecule has 0 saturated carbocycles. The molecule has 6 heteroatoms. The fourth-order valence-corrected chi connectivity index (χ4v) is 3.21. The second kappa shape index (κ2) is 7.08. The highest BCUT2D eigenvalue weighted by molar-refractivity contribution is 7.88. The topological polar surface area (TPSA) is 49.4 Å². The molecule has 1 aliphatic heterocycles. The molecule has 0 aromatic carbocycles. The molecule has 0 aromatic rings. The summed E-state index contributed by atoms with van der Waals surface area (Å²) in [5.41, 5.74) is 0. The van der Waals surface area contributed by atoms with E-state index in [-0.39, 0.29) is 5.38 Å². The minimum absolute atomic E-state index is 0.139. The lowest BCUT2D eigenvalue weighted by atomic mass is 9.99. The molecule has 2 atom stereocenters. The zero-order valence-electron chi connectivity index (χ0n) is 11.5. The van der Waals surface area contributed by atoms with Crippen molar-refractivity contribution < 1.29 is 8.42 Å². The van der Waals surface area contributed by atoms with Gasteiger partial charge in [0.15, 0.2) is 0 Å². The first-order valence-electron chi connectivity index (χ1n) is 6.60. The van der Waals surface area contributed by atoms with Crippen molar-refractivity contribution in [3.05, 3.63) is 0 Å². The fraction of sp³-hybridized carbons (Fsp3) is 1.00. The van der Waals surface area contributed by atoms with E-state index in [1.165, 1.54) is 6.26 Å². The van der Waals surface area contributed by atoms with Gasteiger partial charge in [0, 0.05) is 25.0 Å². The van der Waals surface area contributed by atoms with Gasteiger partial charge in [-0.15, -0.1) is 11.6 Å². The first-order valence-corrected chi connectivity index (χ1v) is 8.89. The molecule has 1 fully saturated rings. The average molecular weight is 297 g/mol. The van der Waals surface area contributed by atoms with Crippen molar-refractivity contribution in [3.8, 4) is 0 Å². The number of piperidine rings is 1. The average Bonchev–Trinajstić information content (AvgIpc) is 2.28. The van der Waals surface area contributed by atoms with Crippen molar-refractivity contribution in [3.63, 3.8) is 0 Å². The number of hydrogen-bond donors (Lipinski definition) is 1. The normalized spacial score (nSPS) is 24.4. The van der Waals surface area contributed by atoms with Gasteiger partial charge in [0.25, 0.3) is 0 Å². The van der Waals surface area contributed by atoms with Crippen LogP contribution in [0.2, 0.25) is 0 Å². The van der Waals surface area contributed by atoms with Crippen molar-refractivity contribution >= 4 is 21.6 Å². The van der Waals surface area contributed by atoms with Crippen LogP contribution in [0, 0.1) is 11.8 Å². The summed E-state index contributed by atoms with van der Waals surface area (Å²) in [6, 6.07) is 0. The van der Waals surface area contributed by atoms with Crippen LogP contribution in [0.25, 0.3) is 0 Å². The molecule has 0 aliphatic carbocycles. The predicted molar refractivity (Wildman–Crippen MR) is 76.5 cm³/mol. The van der Waals surface area contributed by atoms with E-state index in [0.717, 1.165) is 25.9 Å². The van der Waals surface area contributed by atoms with E-state index >= 15 is 0 Å². The molecule has 0 amide bonds. The lowest BCUT2D eigenvalue weighted by Gasteiger charge is -2.31. The van der Waals surface area contributed by atoms with Crippen molar-refractivity contribution in [2.45, 2.75) is 32.1 Å². The van der Waals surface area contributed by atoms with Gasteiger partial charge in [0.05, 0.1) is 6.26 Å². The summed E-state index contributed by atoms with van der Waals surface area (Å²) in [7, 11) is -3.03. The Hall–Kier alpha value is 0.160. The molecule has 108 valence electrons. The lowest BCUT2D eigenvalue weighted by Crippen LogP contribution is -2.43. The number of halogens is 1. The third kappa shape index (κ3) is 5.43. The second-order valence-electron chi connectivity index (χ2n) is 5.55. The zero-order chi connectivity index (χ0) is 13.8. The molecule has 18 heavy (non-hydrogen) atoms. The van der Waals surface area contributed by atoms with Gasteiger partial charge in [-0.3, -0.25) is 0 Å². The lowest BCUT2D eigenvalue weighted by molar-refractivity contribution is 0.261. The smallest absolute Gasteiger partial charge is 0.211 e. The Morgan fingerprint density at radius 3 is 2.67 bits per heavy atom. The summed E-state index contributed by atoms with van der Waals surface area (Å²) < 4.78 is 24.6. The predicted octanol–water partition coefficient (Wildman–Crippen LogP) is 1.51. The van der Waals surface area contributed by atoms with Gasteiger partial charge in [0.2, 0.25) is 10.0 Å². The maximum absolute atomic E-state index is 11.5. The van der Waals surface area contributed by atoms with E-state index in [1.54, 1.807) is 4.31 Å². The first-order chi connectivity index (χ1) is 8.30. The largest absolute Gasteiger partial charge is 0.315 e. The third-order valence-electron chi connectivity index (χ3n) is 3.45. The summed E-state index contributed by atoms with van der Waals surface area (Å²) in [5, 5.41) is 3.49. The van der Waals surface area contributed by atoms with Crippen LogP contribution >= 0.6 is 11.6 Å². The SMILES string of the molecule is CC(C)C(Cl)CNCC1CCCN(S(C)(=O)=O)C1. The maximum Gasteiger partial charge on any atom is 0.211 e. The molecular weight excluding hydrogens is 272 g/mol. The monoisotopic (exact) mass is 296 g/mol. The highest BCUT2D eigenvalue weighted by Crippen LogP contribution is 2.18.